The molecule has 0 saturated carbocycles. The number of aryl methyl sites for hydroxylation is 1. The summed E-state index contributed by atoms with van der Waals surface area (Å²) < 4.78 is 0. The lowest BCUT2D eigenvalue weighted by molar-refractivity contribution is -0.113. The first-order valence-electron chi connectivity index (χ1n) is 5.29. The first kappa shape index (κ1) is 9.28. The summed E-state index contributed by atoms with van der Waals surface area (Å²) in [7, 11) is 0. The quantitative estimate of drug-likeness (QED) is 0.646. The zero-order valence-electron chi connectivity index (χ0n) is 9.24. The third-order valence-electron chi connectivity index (χ3n) is 2.95. The number of hydrogen-bond donors (Lipinski definition) is 0. The maximum absolute atomic E-state index is 11.7. The monoisotopic (exact) mass is 209 g/mol. The average molecular weight is 209 g/mol. The number of carbonyl (C=O) groups excluding carboxylic acids is 1. The maximum atomic E-state index is 11.7. The van der Waals surface area contributed by atoms with Crippen molar-refractivity contribution in [2.45, 2.75) is 13.8 Å². The van der Waals surface area contributed by atoms with Gasteiger partial charge in [0.25, 0.3) is 5.91 Å². The van der Waals surface area contributed by atoms with Gasteiger partial charge in [0.15, 0.2) is 0 Å². The largest absolute Gasteiger partial charge is 0.277 e. The minimum Gasteiger partial charge on any atom is -0.267 e. The molecule has 1 aromatic carbocycles. The highest BCUT2D eigenvalue weighted by atomic mass is 16.1. The summed E-state index contributed by atoms with van der Waals surface area (Å²) in [6.45, 7) is 3.91. The Hall–Kier alpha value is -1.96. The Morgan fingerprint density at radius 3 is 2.69 bits per heavy atom. The molecule has 1 aliphatic carbocycles. The Morgan fingerprint density at radius 1 is 1.06 bits per heavy atom. The Labute approximate surface area is 94.0 Å². The Kier molecular flexibility index (Phi) is 1.75. The van der Waals surface area contributed by atoms with Crippen LogP contribution in [-0.2, 0) is 4.79 Å². The minimum absolute atomic E-state index is 0.121. The van der Waals surface area contributed by atoms with Crippen LogP contribution in [0.4, 0.5) is 0 Å². The molecule has 1 amide bonds. The molecule has 0 unspecified atom stereocenters. The van der Waals surface area contributed by atoms with Gasteiger partial charge in [-0.3, -0.25) is 4.79 Å². The van der Waals surface area contributed by atoms with Crippen molar-refractivity contribution in [3.8, 4) is 0 Å². The maximum Gasteiger partial charge on any atom is 0.277 e. The smallest absolute Gasteiger partial charge is 0.267 e. The number of benzene rings is 1. The summed E-state index contributed by atoms with van der Waals surface area (Å²) in [4.78, 5) is 15.7. The van der Waals surface area contributed by atoms with Crippen molar-refractivity contribution in [3.05, 3.63) is 46.5 Å². The zero-order valence-corrected chi connectivity index (χ0v) is 9.24. The third kappa shape index (κ3) is 1.20. The molecule has 0 radical (unpaired) electrons. The molecule has 0 N–H and O–H groups in total. The number of amides is 1. The lowest BCUT2D eigenvalue weighted by Gasteiger charge is -2.09. The van der Waals surface area contributed by atoms with E-state index in [-0.39, 0.29) is 5.91 Å². The number of carbonyl (C=O) groups is 1. The van der Waals surface area contributed by atoms with E-state index in [0.717, 1.165) is 28.0 Å². The minimum atomic E-state index is -0.121. The predicted octanol–water partition coefficient (Wildman–Crippen LogP) is 2.78. The lowest BCUT2D eigenvalue weighted by Crippen LogP contribution is -2.07. The van der Waals surface area contributed by atoms with Gasteiger partial charge in [0, 0.05) is 5.71 Å². The van der Waals surface area contributed by atoms with Crippen molar-refractivity contribution in [3.63, 3.8) is 0 Å². The SMILES string of the molecule is CC1=NC(=O)C2=Cc3cc(C)ccc3C2=C1. The highest BCUT2D eigenvalue weighted by molar-refractivity contribution is 6.26. The first-order valence-corrected chi connectivity index (χ1v) is 5.29. The predicted molar refractivity (Wildman–Crippen MR) is 65.2 cm³/mol. The summed E-state index contributed by atoms with van der Waals surface area (Å²) in [5.41, 5.74) is 6.01. The van der Waals surface area contributed by atoms with E-state index in [4.69, 9.17) is 0 Å². The summed E-state index contributed by atoms with van der Waals surface area (Å²) in [5.74, 6) is -0.121. The van der Waals surface area contributed by atoms with Crippen molar-refractivity contribution in [2.24, 2.45) is 4.99 Å². The van der Waals surface area contributed by atoms with E-state index in [0.29, 0.717) is 0 Å². The van der Waals surface area contributed by atoms with Gasteiger partial charge in [-0.1, -0.05) is 23.8 Å². The zero-order chi connectivity index (χ0) is 11.3. The van der Waals surface area contributed by atoms with E-state index >= 15 is 0 Å². The summed E-state index contributed by atoms with van der Waals surface area (Å²) in [5, 5.41) is 0. The Balaban J connectivity index is 2.26. The molecule has 2 heteroatoms. The normalized spacial score (nSPS) is 17.4. The molecule has 0 fully saturated rings. The molecule has 0 bridgehead atoms. The summed E-state index contributed by atoms with van der Waals surface area (Å²) in [6.07, 6.45) is 3.92. The van der Waals surface area contributed by atoms with E-state index in [1.165, 1.54) is 5.56 Å². The Bertz CT molecular complexity index is 603. The number of aliphatic imine (C=N–C) groups is 1. The van der Waals surface area contributed by atoms with Crippen molar-refractivity contribution >= 4 is 23.3 Å². The van der Waals surface area contributed by atoms with Gasteiger partial charge in [-0.05, 0) is 42.7 Å². The van der Waals surface area contributed by atoms with Crippen LogP contribution in [0.15, 0.2) is 34.8 Å². The number of fused-ring (bicyclic) bond motifs is 3. The van der Waals surface area contributed by atoms with Crippen LogP contribution in [0, 0.1) is 6.92 Å². The van der Waals surface area contributed by atoms with Crippen LogP contribution < -0.4 is 0 Å². The number of hydrogen-bond acceptors (Lipinski definition) is 1. The molecule has 2 nitrogen and oxygen atoms in total. The van der Waals surface area contributed by atoms with Crippen LogP contribution in [0.1, 0.15) is 23.6 Å². The van der Waals surface area contributed by atoms with Gasteiger partial charge >= 0.3 is 0 Å². The highest BCUT2D eigenvalue weighted by Gasteiger charge is 2.26. The number of allylic oxidation sites excluding steroid dienone is 1. The molecular weight excluding hydrogens is 198 g/mol. The molecule has 0 aromatic heterocycles. The van der Waals surface area contributed by atoms with Crippen molar-refractivity contribution in [1.29, 1.82) is 0 Å². The van der Waals surface area contributed by atoms with Crippen LogP contribution in [0.25, 0.3) is 11.6 Å². The van der Waals surface area contributed by atoms with E-state index in [1.807, 2.05) is 19.1 Å². The molecule has 0 saturated heterocycles. The van der Waals surface area contributed by atoms with Crippen LogP contribution in [-0.4, -0.2) is 11.6 Å². The molecule has 1 heterocycles. The fourth-order valence-corrected chi connectivity index (χ4v) is 2.22. The highest BCUT2D eigenvalue weighted by Crippen LogP contribution is 2.38. The second-order valence-corrected chi connectivity index (χ2v) is 4.27. The number of dihydropyridines is 1. The van der Waals surface area contributed by atoms with Gasteiger partial charge in [-0.15, -0.1) is 0 Å². The second kappa shape index (κ2) is 3.01. The molecule has 0 atom stereocenters. The average Bonchev–Trinajstić information content (AvgIpc) is 2.56. The van der Waals surface area contributed by atoms with Crippen LogP contribution in [0.3, 0.4) is 0 Å². The van der Waals surface area contributed by atoms with Crippen molar-refractivity contribution in [2.75, 3.05) is 0 Å². The van der Waals surface area contributed by atoms with Gasteiger partial charge < -0.3 is 0 Å². The summed E-state index contributed by atoms with van der Waals surface area (Å²) >= 11 is 0. The van der Waals surface area contributed by atoms with E-state index in [2.05, 4.69) is 30.1 Å². The van der Waals surface area contributed by atoms with E-state index in [1.54, 1.807) is 0 Å². The molecule has 3 rings (SSSR count). The second-order valence-electron chi connectivity index (χ2n) is 4.27. The molecule has 78 valence electrons. The topological polar surface area (TPSA) is 29.4 Å². The van der Waals surface area contributed by atoms with Crippen LogP contribution in [0.5, 0.6) is 0 Å². The van der Waals surface area contributed by atoms with Gasteiger partial charge in [-0.2, -0.15) is 0 Å². The number of rotatable bonds is 0. The fraction of sp³-hybridized carbons (Fsp3) is 0.143. The molecule has 1 aliphatic heterocycles. The first-order chi connectivity index (χ1) is 7.65. The lowest BCUT2D eigenvalue weighted by atomic mass is 9.98. The van der Waals surface area contributed by atoms with Crippen molar-refractivity contribution in [1.82, 2.24) is 0 Å². The standard InChI is InChI=1S/C14H11NO/c1-8-3-4-11-10(5-8)7-13-12(11)6-9(2)15-14(13)16/h3-7H,1-2H3. The van der Waals surface area contributed by atoms with Crippen LogP contribution >= 0.6 is 0 Å². The Morgan fingerprint density at radius 2 is 1.88 bits per heavy atom. The third-order valence-corrected chi connectivity index (χ3v) is 2.95. The molecule has 1 aromatic rings. The molecular formula is C14H11NO. The molecule has 2 aliphatic rings. The van der Waals surface area contributed by atoms with Gasteiger partial charge in [0.2, 0.25) is 0 Å². The number of nitrogens with zero attached hydrogens (tertiary/aromatic N) is 1. The molecule has 0 spiro atoms. The fourth-order valence-electron chi connectivity index (χ4n) is 2.22. The van der Waals surface area contributed by atoms with E-state index < -0.39 is 0 Å². The van der Waals surface area contributed by atoms with Crippen LogP contribution in [0.2, 0.25) is 0 Å². The summed E-state index contributed by atoms with van der Waals surface area (Å²) in [6, 6.07) is 6.25. The van der Waals surface area contributed by atoms with Crippen molar-refractivity contribution < 1.29 is 4.79 Å². The van der Waals surface area contributed by atoms with Gasteiger partial charge in [0.1, 0.15) is 0 Å². The molecule has 16 heavy (non-hydrogen) atoms. The van der Waals surface area contributed by atoms with Gasteiger partial charge in [-0.25, -0.2) is 4.99 Å². The van der Waals surface area contributed by atoms with E-state index in [9.17, 15) is 4.79 Å². The van der Waals surface area contributed by atoms with Gasteiger partial charge in [0.05, 0.1) is 5.57 Å².